The maximum atomic E-state index is 13.8. The molecule has 7 nitrogen and oxygen atoms in total. The van der Waals surface area contributed by atoms with Crippen molar-refractivity contribution in [3.8, 4) is 0 Å². The molecule has 0 aromatic heterocycles. The first-order valence-corrected chi connectivity index (χ1v) is 12.3. The van der Waals surface area contributed by atoms with E-state index in [9.17, 15) is 14.4 Å². The van der Waals surface area contributed by atoms with Crippen molar-refractivity contribution >= 4 is 17.7 Å². The normalized spacial score (nSPS) is 36.9. The number of benzene rings is 1. The Morgan fingerprint density at radius 1 is 1.06 bits per heavy atom. The number of fused-ring (bicyclic) bond motifs is 1. The molecule has 2 saturated carbocycles. The predicted octanol–water partition coefficient (Wildman–Crippen LogP) is 2.06. The van der Waals surface area contributed by atoms with Gasteiger partial charge in [0.15, 0.2) is 0 Å². The Kier molecular flexibility index (Phi) is 4.70. The smallest absolute Gasteiger partial charge is 0.246 e. The van der Waals surface area contributed by atoms with E-state index in [0.717, 1.165) is 44.1 Å². The molecule has 3 heterocycles. The molecular formula is C26H31N3O4. The van der Waals surface area contributed by atoms with Gasteiger partial charge in [-0.2, -0.15) is 0 Å². The number of hydrogen-bond donors (Lipinski definition) is 2. The van der Waals surface area contributed by atoms with Crippen molar-refractivity contribution in [1.29, 1.82) is 0 Å². The van der Waals surface area contributed by atoms with Gasteiger partial charge in [0.25, 0.3) is 0 Å². The fourth-order valence-electron chi connectivity index (χ4n) is 6.56. The molecule has 7 heteroatoms. The Morgan fingerprint density at radius 3 is 2.48 bits per heavy atom. The first-order chi connectivity index (χ1) is 15.9. The maximum absolute atomic E-state index is 13.8. The van der Waals surface area contributed by atoms with Gasteiger partial charge in [0.05, 0.1) is 17.4 Å². The minimum atomic E-state index is -1.08. The Hall–Kier alpha value is -2.67. The zero-order chi connectivity index (χ0) is 22.8. The molecule has 3 amide bonds. The van der Waals surface area contributed by atoms with E-state index >= 15 is 0 Å². The summed E-state index contributed by atoms with van der Waals surface area (Å²) in [7, 11) is 0. The Balaban J connectivity index is 1.30. The minimum absolute atomic E-state index is 0.0636. The Morgan fingerprint density at radius 2 is 1.79 bits per heavy atom. The largest absolute Gasteiger partial charge is 0.356 e. The van der Waals surface area contributed by atoms with Gasteiger partial charge in [-0.05, 0) is 38.2 Å². The van der Waals surface area contributed by atoms with Crippen LogP contribution in [0.2, 0.25) is 0 Å². The molecule has 2 bridgehead atoms. The predicted molar refractivity (Wildman–Crippen MR) is 121 cm³/mol. The molecule has 1 aromatic rings. The summed E-state index contributed by atoms with van der Waals surface area (Å²) >= 11 is 0. The van der Waals surface area contributed by atoms with Crippen molar-refractivity contribution in [1.82, 2.24) is 15.5 Å². The lowest BCUT2D eigenvalue weighted by molar-refractivity contribution is -0.145. The second kappa shape index (κ2) is 7.42. The molecule has 1 aromatic carbocycles. The maximum Gasteiger partial charge on any atom is 0.246 e. The van der Waals surface area contributed by atoms with Crippen LogP contribution in [0.5, 0.6) is 0 Å². The molecule has 174 valence electrons. The van der Waals surface area contributed by atoms with Crippen molar-refractivity contribution in [3.63, 3.8) is 0 Å². The van der Waals surface area contributed by atoms with E-state index in [0.29, 0.717) is 6.54 Å². The average molecular weight is 450 g/mol. The first kappa shape index (κ1) is 20.9. The zero-order valence-corrected chi connectivity index (χ0v) is 19.0. The SMILES string of the molecule is C[C@@]12C=C[C@]3(O1)[C@H](C(=O)N(C1CC1)[C@@H]3C(=O)NC1CCCC1)[C@@H]2C(=O)NCc1ccccc1. The quantitative estimate of drug-likeness (QED) is 0.651. The Labute approximate surface area is 193 Å². The van der Waals surface area contributed by atoms with Gasteiger partial charge in [-0.25, -0.2) is 0 Å². The first-order valence-electron chi connectivity index (χ1n) is 12.3. The number of nitrogens with one attached hydrogen (secondary N) is 2. The number of carbonyl (C=O) groups is 3. The standard InChI is InChI=1S/C26H31N3O4/c1-25-13-14-26(33-25)20(19(25)22(30)27-15-16-7-3-2-4-8-16)24(32)29(18-11-12-18)21(26)23(31)28-17-9-5-6-10-17/h2-4,7-8,13-14,17-21H,5-6,9-12,15H2,1H3,(H,27,30)(H,28,31)/t19-,20+,21-,25+,26+/m1/s1. The highest BCUT2D eigenvalue weighted by Gasteiger charge is 2.77. The van der Waals surface area contributed by atoms with E-state index < -0.39 is 29.1 Å². The van der Waals surface area contributed by atoms with E-state index in [-0.39, 0.29) is 29.8 Å². The monoisotopic (exact) mass is 449 g/mol. The third kappa shape index (κ3) is 3.15. The average Bonchev–Trinajstić information content (AvgIpc) is 3.17. The van der Waals surface area contributed by atoms with Crippen LogP contribution in [0.25, 0.3) is 0 Å². The molecule has 2 saturated heterocycles. The van der Waals surface area contributed by atoms with Crippen LogP contribution in [0.15, 0.2) is 42.5 Å². The number of hydrogen-bond acceptors (Lipinski definition) is 4. The molecule has 33 heavy (non-hydrogen) atoms. The molecule has 5 atom stereocenters. The van der Waals surface area contributed by atoms with Crippen LogP contribution in [0.4, 0.5) is 0 Å². The number of likely N-dealkylation sites (tertiary alicyclic amines) is 1. The van der Waals surface area contributed by atoms with Crippen molar-refractivity contribution < 1.29 is 19.1 Å². The molecule has 0 unspecified atom stereocenters. The third-order valence-corrected chi connectivity index (χ3v) is 8.22. The molecule has 1 spiro atoms. The Bertz CT molecular complexity index is 1020. The van der Waals surface area contributed by atoms with Gasteiger partial charge in [-0.1, -0.05) is 55.3 Å². The lowest BCUT2D eigenvalue weighted by Gasteiger charge is -2.33. The number of ether oxygens (including phenoxy) is 1. The summed E-state index contributed by atoms with van der Waals surface area (Å²) in [5.41, 5.74) is -0.981. The van der Waals surface area contributed by atoms with Crippen LogP contribution < -0.4 is 10.6 Å². The summed E-state index contributed by atoms with van der Waals surface area (Å²) in [5.74, 6) is -1.79. The van der Waals surface area contributed by atoms with Gasteiger partial charge in [-0.3, -0.25) is 14.4 Å². The highest BCUT2D eigenvalue weighted by Crippen LogP contribution is 2.61. The summed E-state index contributed by atoms with van der Waals surface area (Å²) in [6.07, 6.45) is 9.78. The van der Waals surface area contributed by atoms with Gasteiger partial charge < -0.3 is 20.3 Å². The second-order valence-corrected chi connectivity index (χ2v) is 10.5. The highest BCUT2D eigenvalue weighted by atomic mass is 16.5. The summed E-state index contributed by atoms with van der Waals surface area (Å²) in [4.78, 5) is 42.6. The summed E-state index contributed by atoms with van der Waals surface area (Å²) in [5, 5.41) is 6.22. The topological polar surface area (TPSA) is 87.7 Å². The number of nitrogens with zero attached hydrogens (tertiary/aromatic N) is 1. The third-order valence-electron chi connectivity index (χ3n) is 8.22. The number of rotatable bonds is 6. The van der Waals surface area contributed by atoms with E-state index in [1.165, 1.54) is 0 Å². The van der Waals surface area contributed by atoms with Crippen LogP contribution >= 0.6 is 0 Å². The second-order valence-electron chi connectivity index (χ2n) is 10.5. The van der Waals surface area contributed by atoms with Gasteiger partial charge in [0, 0.05) is 18.6 Å². The lowest BCUT2D eigenvalue weighted by atomic mass is 9.70. The molecule has 2 aliphatic carbocycles. The summed E-state index contributed by atoms with van der Waals surface area (Å²) in [6.45, 7) is 2.26. The zero-order valence-electron chi connectivity index (χ0n) is 19.0. The van der Waals surface area contributed by atoms with Crippen LogP contribution in [-0.2, 0) is 25.7 Å². The van der Waals surface area contributed by atoms with Crippen molar-refractivity contribution in [3.05, 3.63) is 48.0 Å². The fraction of sp³-hybridized carbons (Fsp3) is 0.577. The lowest BCUT2D eigenvalue weighted by Crippen LogP contribution is -2.56. The van der Waals surface area contributed by atoms with Crippen LogP contribution in [0.1, 0.15) is 51.0 Å². The molecule has 2 N–H and O–H groups in total. The minimum Gasteiger partial charge on any atom is -0.356 e. The van der Waals surface area contributed by atoms with Gasteiger partial charge in [0.2, 0.25) is 17.7 Å². The molecule has 4 fully saturated rings. The summed E-state index contributed by atoms with van der Waals surface area (Å²) < 4.78 is 6.54. The number of amides is 3. The molecular weight excluding hydrogens is 418 g/mol. The fourth-order valence-corrected chi connectivity index (χ4v) is 6.56. The summed E-state index contributed by atoms with van der Waals surface area (Å²) in [6, 6.07) is 9.23. The van der Waals surface area contributed by atoms with Crippen LogP contribution in [-0.4, -0.2) is 51.9 Å². The van der Waals surface area contributed by atoms with Gasteiger partial charge in [0.1, 0.15) is 11.6 Å². The molecule has 6 rings (SSSR count). The van der Waals surface area contributed by atoms with Gasteiger partial charge >= 0.3 is 0 Å². The van der Waals surface area contributed by atoms with E-state index in [4.69, 9.17) is 4.74 Å². The van der Waals surface area contributed by atoms with E-state index in [1.807, 2.05) is 49.4 Å². The number of carbonyl (C=O) groups excluding carboxylic acids is 3. The van der Waals surface area contributed by atoms with E-state index in [1.54, 1.807) is 4.90 Å². The van der Waals surface area contributed by atoms with Gasteiger partial charge in [-0.15, -0.1) is 0 Å². The molecule has 0 radical (unpaired) electrons. The van der Waals surface area contributed by atoms with Crippen molar-refractivity contribution in [2.75, 3.05) is 0 Å². The molecule has 3 aliphatic heterocycles. The van der Waals surface area contributed by atoms with Crippen molar-refractivity contribution in [2.45, 2.75) is 81.3 Å². The van der Waals surface area contributed by atoms with Crippen LogP contribution in [0, 0.1) is 11.8 Å². The van der Waals surface area contributed by atoms with E-state index in [2.05, 4.69) is 10.6 Å². The molecule has 5 aliphatic rings. The highest BCUT2D eigenvalue weighted by molar-refractivity contribution is 6.00. The van der Waals surface area contributed by atoms with Crippen LogP contribution in [0.3, 0.4) is 0 Å². The van der Waals surface area contributed by atoms with Crippen molar-refractivity contribution in [2.24, 2.45) is 11.8 Å².